The Balaban J connectivity index is 2.47. The summed E-state index contributed by atoms with van der Waals surface area (Å²) in [7, 11) is 0. The summed E-state index contributed by atoms with van der Waals surface area (Å²) in [6.45, 7) is 2.08. The van der Waals surface area contributed by atoms with E-state index in [-0.39, 0.29) is 18.2 Å². The molecule has 0 bridgehead atoms. The summed E-state index contributed by atoms with van der Waals surface area (Å²) in [4.78, 5) is 22.0. The molecule has 1 unspecified atom stereocenters. The average molecular weight is 316 g/mol. The Hall–Kier alpha value is -1.52. The third-order valence-corrected chi connectivity index (χ3v) is 3.26. The molecule has 0 saturated carbocycles. The molecule has 20 heavy (non-hydrogen) atoms. The maximum absolute atomic E-state index is 11.6. The van der Waals surface area contributed by atoms with Gasteiger partial charge in [0.1, 0.15) is 0 Å². The summed E-state index contributed by atoms with van der Waals surface area (Å²) in [5.41, 5.74) is 0.758. The predicted molar refractivity (Wildman–Crippen MR) is 79.9 cm³/mol. The van der Waals surface area contributed by atoms with Crippen molar-refractivity contribution >= 4 is 41.2 Å². The maximum Gasteiger partial charge on any atom is 0.303 e. The van der Waals surface area contributed by atoms with Gasteiger partial charge in [-0.25, -0.2) is 0 Å². The van der Waals surface area contributed by atoms with Gasteiger partial charge in [0, 0.05) is 19.0 Å². The summed E-state index contributed by atoms with van der Waals surface area (Å²) < 4.78 is 0. The van der Waals surface area contributed by atoms with Gasteiger partial charge in [0.05, 0.1) is 10.0 Å². The van der Waals surface area contributed by atoms with Gasteiger partial charge in [-0.1, -0.05) is 36.2 Å². The van der Waals surface area contributed by atoms with E-state index in [0.29, 0.717) is 16.6 Å². The van der Waals surface area contributed by atoms with Crippen LogP contribution in [0.4, 0.5) is 0 Å². The van der Waals surface area contributed by atoms with E-state index in [0.717, 1.165) is 5.56 Å². The van der Waals surface area contributed by atoms with E-state index in [1.54, 1.807) is 31.2 Å². The molecular weight excluding hydrogens is 301 g/mol. The highest BCUT2D eigenvalue weighted by atomic mass is 35.5. The van der Waals surface area contributed by atoms with Crippen molar-refractivity contribution in [1.82, 2.24) is 5.32 Å². The SMILES string of the molecule is CC(CNC(=O)/C=C/c1ccc(Cl)c(Cl)c1)CC(=O)O. The number of nitrogens with one attached hydrogen (secondary N) is 1. The first-order valence-corrected chi connectivity index (χ1v) is 6.77. The highest BCUT2D eigenvalue weighted by Crippen LogP contribution is 2.23. The van der Waals surface area contributed by atoms with Gasteiger partial charge < -0.3 is 10.4 Å². The average Bonchev–Trinajstić information content (AvgIpc) is 2.37. The molecule has 0 aliphatic carbocycles. The van der Waals surface area contributed by atoms with Crippen molar-refractivity contribution in [1.29, 1.82) is 0 Å². The fourth-order valence-corrected chi connectivity index (χ4v) is 1.80. The van der Waals surface area contributed by atoms with Crippen molar-refractivity contribution in [3.8, 4) is 0 Å². The minimum Gasteiger partial charge on any atom is -0.481 e. The summed E-state index contributed by atoms with van der Waals surface area (Å²) in [5, 5.41) is 12.1. The zero-order valence-electron chi connectivity index (χ0n) is 10.9. The van der Waals surface area contributed by atoms with Crippen LogP contribution in [0.25, 0.3) is 6.08 Å². The predicted octanol–water partition coefficient (Wildman–Crippen LogP) is 3.23. The Kier molecular flexibility index (Phi) is 6.55. The summed E-state index contributed by atoms with van der Waals surface area (Å²) in [6.07, 6.45) is 3.00. The number of aliphatic carboxylic acids is 1. The number of hydrogen-bond donors (Lipinski definition) is 2. The van der Waals surface area contributed by atoms with Crippen molar-refractivity contribution in [3.63, 3.8) is 0 Å². The molecule has 4 nitrogen and oxygen atoms in total. The molecule has 1 rings (SSSR count). The third kappa shape index (κ3) is 6.08. The van der Waals surface area contributed by atoms with Crippen LogP contribution in [0.3, 0.4) is 0 Å². The van der Waals surface area contributed by atoms with E-state index in [9.17, 15) is 9.59 Å². The Labute approximate surface area is 127 Å². The van der Waals surface area contributed by atoms with Crippen LogP contribution in [0.1, 0.15) is 18.9 Å². The maximum atomic E-state index is 11.6. The number of carbonyl (C=O) groups excluding carboxylic acids is 1. The number of carbonyl (C=O) groups is 2. The topological polar surface area (TPSA) is 66.4 Å². The quantitative estimate of drug-likeness (QED) is 0.792. The Morgan fingerprint density at radius 2 is 2.05 bits per heavy atom. The van der Waals surface area contributed by atoms with Gasteiger partial charge in [-0.15, -0.1) is 0 Å². The van der Waals surface area contributed by atoms with Crippen molar-refractivity contribution in [2.24, 2.45) is 5.92 Å². The third-order valence-electron chi connectivity index (χ3n) is 2.52. The zero-order chi connectivity index (χ0) is 15.1. The standard InChI is InChI=1S/C14H15Cl2NO3/c1-9(6-14(19)20)8-17-13(18)5-3-10-2-4-11(15)12(16)7-10/h2-5,7,9H,6,8H2,1H3,(H,17,18)(H,19,20)/b5-3+. The van der Waals surface area contributed by atoms with Crippen LogP contribution < -0.4 is 5.32 Å². The van der Waals surface area contributed by atoms with E-state index in [1.165, 1.54) is 6.08 Å². The van der Waals surface area contributed by atoms with Crippen LogP contribution >= 0.6 is 23.2 Å². The fourth-order valence-electron chi connectivity index (χ4n) is 1.49. The van der Waals surface area contributed by atoms with E-state index in [2.05, 4.69) is 5.32 Å². The van der Waals surface area contributed by atoms with Crippen LogP contribution in [0.15, 0.2) is 24.3 Å². The first-order valence-electron chi connectivity index (χ1n) is 6.01. The highest BCUT2D eigenvalue weighted by molar-refractivity contribution is 6.42. The first-order chi connectivity index (χ1) is 9.38. The molecule has 2 N–H and O–H groups in total. The van der Waals surface area contributed by atoms with Crippen molar-refractivity contribution < 1.29 is 14.7 Å². The zero-order valence-corrected chi connectivity index (χ0v) is 12.4. The number of amides is 1. The van der Waals surface area contributed by atoms with E-state index in [1.807, 2.05) is 0 Å². The largest absolute Gasteiger partial charge is 0.481 e. The monoisotopic (exact) mass is 315 g/mol. The second kappa shape index (κ2) is 7.92. The molecular formula is C14H15Cl2NO3. The number of benzene rings is 1. The van der Waals surface area contributed by atoms with Crippen molar-refractivity contribution in [2.75, 3.05) is 6.54 Å². The molecule has 0 fully saturated rings. The van der Waals surface area contributed by atoms with Crippen LogP contribution in [-0.2, 0) is 9.59 Å². The smallest absolute Gasteiger partial charge is 0.303 e. The lowest BCUT2D eigenvalue weighted by atomic mass is 10.1. The van der Waals surface area contributed by atoms with Crippen LogP contribution in [0.5, 0.6) is 0 Å². The molecule has 1 aromatic rings. The van der Waals surface area contributed by atoms with Gasteiger partial charge in [-0.2, -0.15) is 0 Å². The highest BCUT2D eigenvalue weighted by Gasteiger charge is 2.08. The molecule has 0 aliphatic rings. The molecule has 0 saturated heterocycles. The normalized spacial score (nSPS) is 12.3. The molecule has 1 aromatic carbocycles. The van der Waals surface area contributed by atoms with E-state index < -0.39 is 5.97 Å². The number of carboxylic acid groups (broad SMARTS) is 1. The fraction of sp³-hybridized carbons (Fsp3) is 0.286. The number of carboxylic acids is 1. The molecule has 0 spiro atoms. The van der Waals surface area contributed by atoms with Crippen LogP contribution in [0, 0.1) is 5.92 Å². The minimum absolute atomic E-state index is 0.0246. The molecule has 6 heteroatoms. The second-order valence-corrected chi connectivity index (χ2v) is 5.27. The van der Waals surface area contributed by atoms with Gasteiger partial charge in [0.15, 0.2) is 0 Å². The Morgan fingerprint density at radius 3 is 2.65 bits per heavy atom. The van der Waals surface area contributed by atoms with Gasteiger partial charge in [0.2, 0.25) is 5.91 Å². The minimum atomic E-state index is -0.877. The van der Waals surface area contributed by atoms with Crippen molar-refractivity contribution in [3.05, 3.63) is 39.9 Å². The van der Waals surface area contributed by atoms with Gasteiger partial charge in [-0.3, -0.25) is 9.59 Å². The Morgan fingerprint density at radius 1 is 1.35 bits per heavy atom. The van der Waals surface area contributed by atoms with Gasteiger partial charge in [0.25, 0.3) is 0 Å². The first kappa shape index (κ1) is 16.5. The lowest BCUT2D eigenvalue weighted by Crippen LogP contribution is -2.27. The van der Waals surface area contributed by atoms with Gasteiger partial charge in [-0.05, 0) is 29.7 Å². The summed E-state index contributed by atoms with van der Waals surface area (Å²) >= 11 is 11.6. The summed E-state index contributed by atoms with van der Waals surface area (Å²) in [6, 6.07) is 5.04. The Bertz CT molecular complexity index is 529. The van der Waals surface area contributed by atoms with Gasteiger partial charge >= 0.3 is 5.97 Å². The van der Waals surface area contributed by atoms with E-state index >= 15 is 0 Å². The second-order valence-electron chi connectivity index (χ2n) is 4.46. The van der Waals surface area contributed by atoms with Crippen LogP contribution in [0.2, 0.25) is 10.0 Å². The molecule has 1 atom stereocenters. The molecule has 1 amide bonds. The number of rotatable bonds is 6. The lowest BCUT2D eigenvalue weighted by molar-refractivity contribution is -0.138. The molecule has 0 aliphatic heterocycles. The molecule has 0 aromatic heterocycles. The molecule has 0 radical (unpaired) electrons. The molecule has 0 heterocycles. The number of halogens is 2. The summed E-state index contributed by atoms with van der Waals surface area (Å²) in [5.74, 6) is -1.28. The lowest BCUT2D eigenvalue weighted by Gasteiger charge is -2.08. The number of hydrogen-bond acceptors (Lipinski definition) is 2. The van der Waals surface area contributed by atoms with E-state index in [4.69, 9.17) is 28.3 Å². The van der Waals surface area contributed by atoms with Crippen LogP contribution in [-0.4, -0.2) is 23.5 Å². The molecule has 108 valence electrons. The van der Waals surface area contributed by atoms with Crippen molar-refractivity contribution in [2.45, 2.75) is 13.3 Å².